The van der Waals surface area contributed by atoms with Crippen LogP contribution >= 0.6 is 0 Å². The number of benzene rings is 1. The predicted molar refractivity (Wildman–Crippen MR) is 84.1 cm³/mol. The van der Waals surface area contributed by atoms with Crippen LogP contribution in [0.4, 0.5) is 5.69 Å². The summed E-state index contributed by atoms with van der Waals surface area (Å²) in [6, 6.07) is 7.93. The standard InChI is InChI=1S/C15H23N3Si/c1-6-18(7-2)17-16-15-10-8-9-14(13-15)11-12-19(3,4)5/h8-10,13H,6-7H2,1-5H3. The van der Waals surface area contributed by atoms with E-state index in [9.17, 15) is 0 Å². The smallest absolute Gasteiger partial charge is 0.129 e. The molecule has 1 aromatic rings. The van der Waals surface area contributed by atoms with E-state index in [-0.39, 0.29) is 0 Å². The predicted octanol–water partition coefficient (Wildman–Crippen LogP) is 4.26. The molecule has 0 atom stereocenters. The summed E-state index contributed by atoms with van der Waals surface area (Å²) in [6.45, 7) is 12.6. The van der Waals surface area contributed by atoms with Crippen molar-refractivity contribution in [2.24, 2.45) is 10.3 Å². The second kappa shape index (κ2) is 7.10. The molecule has 0 aliphatic heterocycles. The van der Waals surface area contributed by atoms with E-state index in [0.717, 1.165) is 24.3 Å². The molecule has 1 rings (SSSR count). The minimum atomic E-state index is -1.33. The lowest BCUT2D eigenvalue weighted by molar-refractivity contribution is 0.301. The van der Waals surface area contributed by atoms with Crippen molar-refractivity contribution >= 4 is 13.8 Å². The van der Waals surface area contributed by atoms with Crippen LogP contribution in [0.25, 0.3) is 0 Å². The molecule has 0 radical (unpaired) electrons. The van der Waals surface area contributed by atoms with Gasteiger partial charge in [0.2, 0.25) is 0 Å². The fourth-order valence-electron chi connectivity index (χ4n) is 1.37. The highest BCUT2D eigenvalue weighted by atomic mass is 28.3. The molecule has 1 aromatic carbocycles. The summed E-state index contributed by atoms with van der Waals surface area (Å²) in [6.07, 6.45) is 0. The molecule has 0 spiro atoms. The third-order valence-corrected chi connectivity index (χ3v) is 3.32. The molecule has 0 heterocycles. The van der Waals surface area contributed by atoms with E-state index in [2.05, 4.69) is 55.3 Å². The molecule has 3 nitrogen and oxygen atoms in total. The van der Waals surface area contributed by atoms with E-state index in [1.54, 1.807) is 0 Å². The van der Waals surface area contributed by atoms with Crippen molar-refractivity contribution in [1.82, 2.24) is 5.01 Å². The topological polar surface area (TPSA) is 28.0 Å². The second-order valence-corrected chi connectivity index (χ2v) is 10.1. The Hall–Kier alpha value is -1.60. The van der Waals surface area contributed by atoms with Crippen LogP contribution in [0.2, 0.25) is 19.6 Å². The molecule has 4 heteroatoms. The third kappa shape index (κ3) is 6.21. The quantitative estimate of drug-likeness (QED) is 0.349. The van der Waals surface area contributed by atoms with Gasteiger partial charge >= 0.3 is 0 Å². The monoisotopic (exact) mass is 273 g/mol. The van der Waals surface area contributed by atoms with Crippen LogP contribution < -0.4 is 0 Å². The lowest BCUT2D eigenvalue weighted by Crippen LogP contribution is -2.16. The Bertz CT molecular complexity index is 488. The van der Waals surface area contributed by atoms with Crippen LogP contribution in [0.5, 0.6) is 0 Å². The van der Waals surface area contributed by atoms with Gasteiger partial charge in [0.05, 0.1) is 5.69 Å². The van der Waals surface area contributed by atoms with Gasteiger partial charge < -0.3 is 0 Å². The van der Waals surface area contributed by atoms with Gasteiger partial charge in [0, 0.05) is 18.7 Å². The average Bonchev–Trinajstić information content (AvgIpc) is 2.37. The van der Waals surface area contributed by atoms with Gasteiger partial charge in [-0.1, -0.05) is 36.9 Å². The SMILES string of the molecule is CCN(CC)N=Nc1cccc(C#C[Si](C)(C)C)c1. The average molecular weight is 273 g/mol. The van der Waals surface area contributed by atoms with Gasteiger partial charge in [-0.3, -0.25) is 5.01 Å². The van der Waals surface area contributed by atoms with Crippen molar-refractivity contribution in [3.8, 4) is 11.5 Å². The summed E-state index contributed by atoms with van der Waals surface area (Å²) in [4.78, 5) is 0. The van der Waals surface area contributed by atoms with Crippen LogP contribution in [0.15, 0.2) is 34.6 Å². The minimum absolute atomic E-state index is 0.856. The van der Waals surface area contributed by atoms with Crippen molar-refractivity contribution in [2.45, 2.75) is 33.5 Å². The lowest BCUT2D eigenvalue weighted by atomic mass is 10.2. The fourth-order valence-corrected chi connectivity index (χ4v) is 1.89. The molecule has 0 aromatic heterocycles. The van der Waals surface area contributed by atoms with Gasteiger partial charge in [0.25, 0.3) is 0 Å². The first-order valence-corrected chi connectivity index (χ1v) is 10.2. The molecule has 0 N–H and O–H groups in total. The van der Waals surface area contributed by atoms with E-state index in [1.807, 2.05) is 29.3 Å². The van der Waals surface area contributed by atoms with Gasteiger partial charge in [-0.2, -0.15) is 0 Å². The molecule has 0 aliphatic carbocycles. The molecule has 0 bridgehead atoms. The van der Waals surface area contributed by atoms with Crippen molar-refractivity contribution < 1.29 is 0 Å². The molecular formula is C15H23N3Si. The Morgan fingerprint density at radius 1 is 1.16 bits per heavy atom. The zero-order chi connectivity index (χ0) is 14.3. The molecule has 0 amide bonds. The summed E-state index contributed by atoms with van der Waals surface area (Å²) in [7, 11) is -1.33. The van der Waals surface area contributed by atoms with Crippen LogP contribution in [0.1, 0.15) is 19.4 Å². The first-order chi connectivity index (χ1) is 8.94. The van der Waals surface area contributed by atoms with E-state index in [4.69, 9.17) is 0 Å². The van der Waals surface area contributed by atoms with E-state index in [1.165, 1.54) is 0 Å². The highest BCUT2D eigenvalue weighted by Gasteiger charge is 2.07. The minimum Gasteiger partial charge on any atom is -0.279 e. The Kier molecular flexibility index (Phi) is 5.78. The summed E-state index contributed by atoms with van der Waals surface area (Å²) >= 11 is 0. The molecular weight excluding hydrogens is 250 g/mol. The molecule has 102 valence electrons. The van der Waals surface area contributed by atoms with E-state index < -0.39 is 8.07 Å². The summed E-state index contributed by atoms with van der Waals surface area (Å²) in [5.41, 5.74) is 5.23. The summed E-state index contributed by atoms with van der Waals surface area (Å²) < 4.78 is 0. The molecule has 0 saturated carbocycles. The normalized spacial score (nSPS) is 11.2. The zero-order valence-corrected chi connectivity index (χ0v) is 13.6. The molecule has 0 fully saturated rings. The summed E-state index contributed by atoms with van der Waals surface area (Å²) in [5.74, 6) is 3.24. The molecule has 0 saturated heterocycles. The Morgan fingerprint density at radius 3 is 2.42 bits per heavy atom. The third-order valence-electron chi connectivity index (χ3n) is 2.44. The van der Waals surface area contributed by atoms with Crippen molar-refractivity contribution in [3.05, 3.63) is 29.8 Å². The van der Waals surface area contributed by atoms with E-state index in [0.29, 0.717) is 0 Å². The molecule has 0 aliphatic rings. The summed E-state index contributed by atoms with van der Waals surface area (Å²) in [5, 5.41) is 10.4. The fraction of sp³-hybridized carbons (Fsp3) is 0.467. The van der Waals surface area contributed by atoms with Gasteiger partial charge in [0.1, 0.15) is 8.07 Å². The maximum Gasteiger partial charge on any atom is 0.129 e. The van der Waals surface area contributed by atoms with Crippen LogP contribution in [0, 0.1) is 11.5 Å². The van der Waals surface area contributed by atoms with Gasteiger partial charge in [-0.25, -0.2) is 0 Å². The highest BCUT2D eigenvalue weighted by molar-refractivity contribution is 6.83. The number of hydrogen-bond acceptors (Lipinski definition) is 2. The van der Waals surface area contributed by atoms with E-state index >= 15 is 0 Å². The maximum atomic E-state index is 4.25. The van der Waals surface area contributed by atoms with Crippen molar-refractivity contribution in [2.75, 3.05) is 13.1 Å². The Morgan fingerprint density at radius 2 is 1.84 bits per heavy atom. The number of hydrogen-bond donors (Lipinski definition) is 0. The van der Waals surface area contributed by atoms with Crippen LogP contribution in [0.3, 0.4) is 0 Å². The number of rotatable bonds is 4. The van der Waals surface area contributed by atoms with Crippen LogP contribution in [-0.4, -0.2) is 26.2 Å². The Balaban J connectivity index is 2.85. The van der Waals surface area contributed by atoms with Gasteiger partial charge in [-0.15, -0.1) is 10.7 Å². The molecule has 0 unspecified atom stereocenters. The zero-order valence-electron chi connectivity index (χ0n) is 12.6. The van der Waals surface area contributed by atoms with Crippen molar-refractivity contribution in [1.29, 1.82) is 0 Å². The maximum absolute atomic E-state index is 4.25. The van der Waals surface area contributed by atoms with Crippen molar-refractivity contribution in [3.63, 3.8) is 0 Å². The largest absolute Gasteiger partial charge is 0.279 e. The lowest BCUT2D eigenvalue weighted by Gasteiger charge is -2.11. The first kappa shape index (κ1) is 15.5. The van der Waals surface area contributed by atoms with Gasteiger partial charge in [-0.05, 0) is 32.0 Å². The Labute approximate surface area is 117 Å². The number of nitrogens with zero attached hydrogens (tertiary/aromatic N) is 3. The first-order valence-electron chi connectivity index (χ1n) is 6.74. The highest BCUT2D eigenvalue weighted by Crippen LogP contribution is 2.14. The van der Waals surface area contributed by atoms with Gasteiger partial charge in [0.15, 0.2) is 0 Å². The van der Waals surface area contributed by atoms with Crippen LogP contribution in [-0.2, 0) is 0 Å². The molecule has 19 heavy (non-hydrogen) atoms. The second-order valence-electron chi connectivity index (χ2n) is 5.38.